The smallest absolute Gasteiger partial charge is 0.180 e. The van der Waals surface area contributed by atoms with E-state index in [9.17, 15) is 0 Å². The zero-order chi connectivity index (χ0) is 10.8. The summed E-state index contributed by atoms with van der Waals surface area (Å²) in [5.74, 6) is 1.20. The molecule has 0 radical (unpaired) electrons. The van der Waals surface area contributed by atoms with Gasteiger partial charge in [0.1, 0.15) is 13.2 Å². The van der Waals surface area contributed by atoms with Crippen LogP contribution in [0.4, 0.5) is 0 Å². The van der Waals surface area contributed by atoms with Crippen molar-refractivity contribution in [2.24, 2.45) is 0 Å². The van der Waals surface area contributed by atoms with Crippen LogP contribution in [0.3, 0.4) is 0 Å². The van der Waals surface area contributed by atoms with Crippen molar-refractivity contribution in [3.05, 3.63) is 22.2 Å². The highest BCUT2D eigenvalue weighted by atomic mass is 35.5. The summed E-state index contributed by atoms with van der Waals surface area (Å²) in [6.45, 7) is 2.98. The van der Waals surface area contributed by atoms with E-state index >= 15 is 0 Å². The summed E-state index contributed by atoms with van der Waals surface area (Å²) < 4.78 is 10.9. The second kappa shape index (κ2) is 4.00. The highest BCUT2D eigenvalue weighted by Gasteiger charge is 2.21. The fraction of sp³-hybridized carbons (Fsp3) is 0.364. The van der Waals surface area contributed by atoms with Crippen molar-refractivity contribution in [1.29, 1.82) is 5.26 Å². The lowest BCUT2D eigenvalue weighted by Crippen LogP contribution is -2.17. The number of ether oxygens (including phenoxy) is 2. The molecule has 3 nitrogen and oxygen atoms in total. The van der Waals surface area contributed by atoms with Gasteiger partial charge in [-0.25, -0.2) is 0 Å². The predicted molar refractivity (Wildman–Crippen MR) is 56.5 cm³/mol. The molecule has 0 saturated heterocycles. The van der Waals surface area contributed by atoms with Crippen molar-refractivity contribution >= 4 is 11.6 Å². The van der Waals surface area contributed by atoms with Gasteiger partial charge < -0.3 is 9.47 Å². The Labute approximate surface area is 93.2 Å². The highest BCUT2D eigenvalue weighted by molar-refractivity contribution is 6.32. The first kappa shape index (κ1) is 10.1. The van der Waals surface area contributed by atoms with Gasteiger partial charge in [0, 0.05) is 5.56 Å². The molecule has 1 aromatic carbocycles. The van der Waals surface area contributed by atoms with Crippen LogP contribution in [0.1, 0.15) is 18.1 Å². The van der Waals surface area contributed by atoms with Crippen LogP contribution in [0.25, 0.3) is 0 Å². The summed E-state index contributed by atoms with van der Waals surface area (Å²) in [5.41, 5.74) is 1.43. The standard InChI is InChI=1S/C11H10ClNO2/c1-2-8-7(6-13)5-9(12)11-10(8)14-3-4-15-11/h5H,2-4H2,1H3. The van der Waals surface area contributed by atoms with Crippen molar-refractivity contribution in [3.63, 3.8) is 0 Å². The molecule has 0 fully saturated rings. The lowest BCUT2D eigenvalue weighted by molar-refractivity contribution is 0.170. The van der Waals surface area contributed by atoms with Crippen LogP contribution in [-0.4, -0.2) is 13.2 Å². The van der Waals surface area contributed by atoms with E-state index in [1.54, 1.807) is 6.07 Å². The monoisotopic (exact) mass is 223 g/mol. The molecule has 1 aliphatic heterocycles. The van der Waals surface area contributed by atoms with Gasteiger partial charge in [0.05, 0.1) is 16.7 Å². The quantitative estimate of drug-likeness (QED) is 0.735. The Morgan fingerprint density at radius 1 is 1.40 bits per heavy atom. The maximum absolute atomic E-state index is 8.97. The van der Waals surface area contributed by atoms with Crippen molar-refractivity contribution in [1.82, 2.24) is 0 Å². The van der Waals surface area contributed by atoms with Crippen LogP contribution in [0.2, 0.25) is 5.02 Å². The van der Waals surface area contributed by atoms with E-state index in [0.29, 0.717) is 35.3 Å². The molecule has 0 unspecified atom stereocenters. The molecule has 78 valence electrons. The fourth-order valence-electron chi connectivity index (χ4n) is 1.67. The van der Waals surface area contributed by atoms with Crippen LogP contribution >= 0.6 is 11.6 Å². The molecule has 0 amide bonds. The van der Waals surface area contributed by atoms with Crippen LogP contribution in [-0.2, 0) is 6.42 Å². The number of nitrogens with zero attached hydrogens (tertiary/aromatic N) is 1. The third-order valence-electron chi connectivity index (χ3n) is 2.34. The van der Waals surface area contributed by atoms with Gasteiger partial charge in [-0.3, -0.25) is 0 Å². The van der Waals surface area contributed by atoms with E-state index in [4.69, 9.17) is 26.3 Å². The number of hydrogen-bond acceptors (Lipinski definition) is 3. The normalized spacial score (nSPS) is 13.4. The van der Waals surface area contributed by atoms with Crippen LogP contribution in [0.5, 0.6) is 11.5 Å². The van der Waals surface area contributed by atoms with E-state index < -0.39 is 0 Å². The minimum absolute atomic E-state index is 0.443. The summed E-state index contributed by atoms with van der Waals surface area (Å²) in [5, 5.41) is 9.41. The van der Waals surface area contributed by atoms with Gasteiger partial charge in [-0.2, -0.15) is 5.26 Å². The van der Waals surface area contributed by atoms with Gasteiger partial charge >= 0.3 is 0 Å². The molecule has 1 aromatic rings. The Morgan fingerprint density at radius 3 is 2.67 bits per heavy atom. The molecule has 0 aromatic heterocycles. The minimum Gasteiger partial charge on any atom is -0.486 e. The molecule has 0 spiro atoms. The van der Waals surface area contributed by atoms with Gasteiger partial charge in [-0.1, -0.05) is 18.5 Å². The third-order valence-corrected chi connectivity index (χ3v) is 2.62. The van der Waals surface area contributed by atoms with Crippen molar-refractivity contribution < 1.29 is 9.47 Å². The van der Waals surface area contributed by atoms with Crippen LogP contribution in [0, 0.1) is 11.3 Å². The molecule has 0 saturated carbocycles. The molecular weight excluding hydrogens is 214 g/mol. The SMILES string of the molecule is CCc1c(C#N)cc(Cl)c2c1OCCO2. The summed E-state index contributed by atoms with van der Waals surface area (Å²) >= 11 is 6.00. The molecule has 1 heterocycles. The first-order valence-corrected chi connectivity index (χ1v) is 5.16. The second-order valence-electron chi connectivity index (χ2n) is 3.21. The molecule has 0 N–H and O–H groups in total. The van der Waals surface area contributed by atoms with E-state index in [1.807, 2.05) is 6.92 Å². The fourth-order valence-corrected chi connectivity index (χ4v) is 1.92. The van der Waals surface area contributed by atoms with Gasteiger partial charge in [-0.15, -0.1) is 0 Å². The number of rotatable bonds is 1. The number of halogens is 1. The Kier molecular flexibility index (Phi) is 2.70. The van der Waals surface area contributed by atoms with Gasteiger partial charge in [0.15, 0.2) is 11.5 Å². The number of benzene rings is 1. The topological polar surface area (TPSA) is 42.2 Å². The van der Waals surface area contributed by atoms with E-state index in [0.717, 1.165) is 12.0 Å². The number of hydrogen-bond donors (Lipinski definition) is 0. The second-order valence-corrected chi connectivity index (χ2v) is 3.61. The highest BCUT2D eigenvalue weighted by Crippen LogP contribution is 2.42. The molecule has 15 heavy (non-hydrogen) atoms. The van der Waals surface area contributed by atoms with Crippen molar-refractivity contribution in [2.75, 3.05) is 13.2 Å². The van der Waals surface area contributed by atoms with Crippen molar-refractivity contribution in [3.8, 4) is 17.6 Å². The van der Waals surface area contributed by atoms with Crippen molar-refractivity contribution in [2.45, 2.75) is 13.3 Å². The lowest BCUT2D eigenvalue weighted by atomic mass is 10.0. The third kappa shape index (κ3) is 1.62. The van der Waals surface area contributed by atoms with Gasteiger partial charge in [-0.05, 0) is 12.5 Å². The zero-order valence-electron chi connectivity index (χ0n) is 8.34. The molecule has 2 rings (SSSR count). The van der Waals surface area contributed by atoms with Crippen LogP contribution in [0.15, 0.2) is 6.07 Å². The lowest BCUT2D eigenvalue weighted by Gasteiger charge is -2.22. The molecule has 0 aliphatic carbocycles. The predicted octanol–water partition coefficient (Wildman–Crippen LogP) is 2.55. The Balaban J connectivity index is 2.66. The first-order chi connectivity index (χ1) is 7.27. The molecule has 4 heteroatoms. The summed E-state index contributed by atoms with van der Waals surface area (Å²) in [7, 11) is 0. The van der Waals surface area contributed by atoms with Gasteiger partial charge in [0.2, 0.25) is 0 Å². The number of nitriles is 1. The van der Waals surface area contributed by atoms with E-state index in [-0.39, 0.29) is 0 Å². The van der Waals surface area contributed by atoms with E-state index in [2.05, 4.69) is 6.07 Å². The molecule has 1 aliphatic rings. The van der Waals surface area contributed by atoms with E-state index in [1.165, 1.54) is 0 Å². The minimum atomic E-state index is 0.443. The number of fused-ring (bicyclic) bond motifs is 1. The first-order valence-electron chi connectivity index (χ1n) is 4.79. The Bertz CT molecular complexity index is 437. The maximum atomic E-state index is 8.97. The largest absolute Gasteiger partial charge is 0.486 e. The molecular formula is C11H10ClNO2. The van der Waals surface area contributed by atoms with Gasteiger partial charge in [0.25, 0.3) is 0 Å². The molecule has 0 atom stereocenters. The summed E-state index contributed by atoms with van der Waals surface area (Å²) in [6, 6.07) is 3.75. The average molecular weight is 224 g/mol. The Morgan fingerprint density at radius 2 is 2.07 bits per heavy atom. The average Bonchev–Trinajstić information content (AvgIpc) is 2.29. The summed E-state index contributed by atoms with van der Waals surface area (Å²) in [6.07, 6.45) is 0.728. The Hall–Kier alpha value is -1.40. The van der Waals surface area contributed by atoms with Crippen LogP contribution < -0.4 is 9.47 Å². The maximum Gasteiger partial charge on any atom is 0.180 e. The summed E-state index contributed by atoms with van der Waals surface area (Å²) in [4.78, 5) is 0. The molecule has 0 bridgehead atoms. The zero-order valence-corrected chi connectivity index (χ0v) is 9.10.